The Balaban J connectivity index is 2.19. The van der Waals surface area contributed by atoms with Gasteiger partial charge in [-0.1, -0.05) is 0 Å². The molecule has 2 heterocycles. The molecule has 1 aromatic rings. The van der Waals surface area contributed by atoms with Crippen molar-refractivity contribution < 1.29 is 14.8 Å². The Morgan fingerprint density at radius 1 is 1.68 bits per heavy atom. The van der Waals surface area contributed by atoms with Crippen molar-refractivity contribution in [3.63, 3.8) is 0 Å². The first kappa shape index (κ1) is 13.7. The summed E-state index contributed by atoms with van der Waals surface area (Å²) in [5.41, 5.74) is -0.0645. The SMILES string of the molecule is O=C(O)CC1CCN(c2ncc(Br)cc2[N+](=O)[O-])C1. The molecule has 19 heavy (non-hydrogen) atoms. The zero-order valence-corrected chi connectivity index (χ0v) is 11.5. The number of aliphatic carboxylic acids is 1. The van der Waals surface area contributed by atoms with Crippen LogP contribution in [0.3, 0.4) is 0 Å². The van der Waals surface area contributed by atoms with Gasteiger partial charge in [0.1, 0.15) is 0 Å². The number of carboxylic acid groups (broad SMARTS) is 1. The molecule has 0 amide bonds. The number of rotatable bonds is 4. The van der Waals surface area contributed by atoms with Crippen molar-refractivity contribution in [2.45, 2.75) is 12.8 Å². The molecule has 0 bridgehead atoms. The maximum absolute atomic E-state index is 11.0. The topological polar surface area (TPSA) is 96.6 Å². The highest BCUT2D eigenvalue weighted by atomic mass is 79.9. The molecule has 0 radical (unpaired) electrons. The van der Waals surface area contributed by atoms with E-state index in [0.29, 0.717) is 29.8 Å². The molecule has 1 aliphatic rings. The third-order valence-electron chi connectivity index (χ3n) is 3.06. The number of nitro groups is 1. The van der Waals surface area contributed by atoms with Gasteiger partial charge < -0.3 is 10.0 Å². The van der Waals surface area contributed by atoms with Crippen LogP contribution in [0.5, 0.6) is 0 Å². The van der Waals surface area contributed by atoms with E-state index in [-0.39, 0.29) is 18.0 Å². The van der Waals surface area contributed by atoms with Gasteiger partial charge >= 0.3 is 11.7 Å². The lowest BCUT2D eigenvalue weighted by Gasteiger charge is -2.17. The van der Waals surface area contributed by atoms with E-state index in [1.807, 2.05) is 0 Å². The number of anilines is 1. The Kier molecular flexibility index (Phi) is 3.98. The Morgan fingerprint density at radius 2 is 2.42 bits per heavy atom. The highest BCUT2D eigenvalue weighted by Crippen LogP contribution is 2.32. The van der Waals surface area contributed by atoms with Gasteiger partial charge in [-0.2, -0.15) is 0 Å². The van der Waals surface area contributed by atoms with Gasteiger partial charge in [0.05, 0.1) is 4.92 Å². The third kappa shape index (κ3) is 3.19. The molecule has 1 N–H and O–H groups in total. The summed E-state index contributed by atoms with van der Waals surface area (Å²) in [7, 11) is 0. The van der Waals surface area contributed by atoms with E-state index in [0.717, 1.165) is 0 Å². The first-order valence-electron chi connectivity index (χ1n) is 5.74. The van der Waals surface area contributed by atoms with Gasteiger partial charge in [-0.25, -0.2) is 4.98 Å². The Morgan fingerprint density at radius 3 is 3.05 bits per heavy atom. The van der Waals surface area contributed by atoms with Gasteiger partial charge in [-0.3, -0.25) is 14.9 Å². The molecule has 1 aliphatic heterocycles. The van der Waals surface area contributed by atoms with Crippen molar-refractivity contribution in [2.75, 3.05) is 18.0 Å². The number of pyridine rings is 1. The molecular weight excluding hydrogens is 318 g/mol. The number of aromatic nitrogens is 1. The Hall–Kier alpha value is -1.70. The van der Waals surface area contributed by atoms with Crippen LogP contribution in [0.4, 0.5) is 11.5 Å². The van der Waals surface area contributed by atoms with E-state index in [2.05, 4.69) is 20.9 Å². The van der Waals surface area contributed by atoms with Crippen LogP contribution in [0, 0.1) is 16.0 Å². The summed E-state index contributed by atoms with van der Waals surface area (Å²) < 4.78 is 0.546. The monoisotopic (exact) mass is 329 g/mol. The minimum atomic E-state index is -0.842. The number of carboxylic acids is 1. The number of halogens is 1. The van der Waals surface area contributed by atoms with Gasteiger partial charge in [-0.05, 0) is 28.3 Å². The fourth-order valence-corrected chi connectivity index (χ4v) is 2.56. The van der Waals surface area contributed by atoms with Gasteiger partial charge in [0, 0.05) is 36.2 Å². The maximum Gasteiger partial charge on any atom is 0.312 e. The quantitative estimate of drug-likeness (QED) is 0.670. The van der Waals surface area contributed by atoms with Crippen LogP contribution in [0.15, 0.2) is 16.7 Å². The normalized spacial score (nSPS) is 18.6. The van der Waals surface area contributed by atoms with Crippen LogP contribution in [-0.2, 0) is 4.79 Å². The molecule has 1 aromatic heterocycles. The van der Waals surface area contributed by atoms with E-state index in [9.17, 15) is 14.9 Å². The van der Waals surface area contributed by atoms with Gasteiger partial charge in [0.25, 0.3) is 0 Å². The number of carbonyl (C=O) groups is 1. The van der Waals surface area contributed by atoms with Crippen molar-refractivity contribution in [3.8, 4) is 0 Å². The molecule has 102 valence electrons. The van der Waals surface area contributed by atoms with Crippen molar-refractivity contribution in [3.05, 3.63) is 26.9 Å². The summed E-state index contributed by atoms with van der Waals surface area (Å²) in [4.78, 5) is 27.1. The lowest BCUT2D eigenvalue weighted by atomic mass is 10.1. The zero-order valence-electron chi connectivity index (χ0n) is 9.95. The highest BCUT2D eigenvalue weighted by Gasteiger charge is 2.30. The lowest BCUT2D eigenvalue weighted by molar-refractivity contribution is -0.384. The molecule has 1 atom stereocenters. The minimum absolute atomic E-state index is 0.0163. The second-order valence-electron chi connectivity index (χ2n) is 4.45. The molecule has 1 saturated heterocycles. The fourth-order valence-electron chi connectivity index (χ4n) is 2.24. The maximum atomic E-state index is 11.0. The number of hydrogen-bond acceptors (Lipinski definition) is 5. The largest absolute Gasteiger partial charge is 0.481 e. The Bertz CT molecular complexity index is 523. The van der Waals surface area contributed by atoms with Gasteiger partial charge in [-0.15, -0.1) is 0 Å². The van der Waals surface area contributed by atoms with E-state index in [4.69, 9.17) is 5.11 Å². The van der Waals surface area contributed by atoms with Crippen LogP contribution >= 0.6 is 15.9 Å². The molecule has 7 nitrogen and oxygen atoms in total. The number of nitrogens with zero attached hydrogens (tertiary/aromatic N) is 3. The first-order valence-corrected chi connectivity index (χ1v) is 6.53. The van der Waals surface area contributed by atoms with Crippen LogP contribution in [0.1, 0.15) is 12.8 Å². The zero-order chi connectivity index (χ0) is 14.0. The first-order chi connectivity index (χ1) is 8.97. The second kappa shape index (κ2) is 5.52. The van der Waals surface area contributed by atoms with E-state index in [1.165, 1.54) is 12.3 Å². The summed E-state index contributed by atoms with van der Waals surface area (Å²) in [5, 5.41) is 19.8. The predicted octanol–water partition coefficient (Wildman–Crippen LogP) is 2.05. The van der Waals surface area contributed by atoms with Crippen LogP contribution < -0.4 is 4.90 Å². The summed E-state index contributed by atoms with van der Waals surface area (Å²) in [5.74, 6) is -0.520. The van der Waals surface area contributed by atoms with Crippen LogP contribution in [-0.4, -0.2) is 34.1 Å². The molecule has 0 aromatic carbocycles. The molecule has 0 aliphatic carbocycles. The highest BCUT2D eigenvalue weighted by molar-refractivity contribution is 9.10. The molecule has 0 saturated carbocycles. The third-order valence-corrected chi connectivity index (χ3v) is 3.49. The fraction of sp³-hybridized carbons (Fsp3) is 0.455. The van der Waals surface area contributed by atoms with Crippen molar-refractivity contribution in [1.29, 1.82) is 0 Å². The van der Waals surface area contributed by atoms with Crippen molar-refractivity contribution >= 4 is 33.4 Å². The van der Waals surface area contributed by atoms with Gasteiger partial charge in [0.2, 0.25) is 5.82 Å². The van der Waals surface area contributed by atoms with Crippen LogP contribution in [0.25, 0.3) is 0 Å². The average molecular weight is 330 g/mol. The lowest BCUT2D eigenvalue weighted by Crippen LogP contribution is -2.22. The standard InChI is InChI=1S/C11H12BrN3O4/c12-8-4-9(15(18)19)11(13-5-8)14-2-1-7(6-14)3-10(16)17/h4-5,7H,1-3,6H2,(H,16,17). The molecule has 8 heteroatoms. The summed E-state index contributed by atoms with van der Waals surface area (Å²) in [6, 6.07) is 1.41. The van der Waals surface area contributed by atoms with E-state index in [1.54, 1.807) is 4.90 Å². The minimum Gasteiger partial charge on any atom is -0.481 e. The van der Waals surface area contributed by atoms with Crippen molar-refractivity contribution in [1.82, 2.24) is 4.98 Å². The summed E-state index contributed by atoms with van der Waals surface area (Å²) in [6.07, 6.45) is 2.30. The predicted molar refractivity (Wildman–Crippen MR) is 71.2 cm³/mol. The average Bonchev–Trinajstić information content (AvgIpc) is 2.76. The van der Waals surface area contributed by atoms with E-state index >= 15 is 0 Å². The molecule has 1 fully saturated rings. The second-order valence-corrected chi connectivity index (χ2v) is 5.37. The molecule has 1 unspecified atom stereocenters. The van der Waals surface area contributed by atoms with E-state index < -0.39 is 10.9 Å². The van der Waals surface area contributed by atoms with Gasteiger partial charge in [0.15, 0.2) is 0 Å². The molecule has 2 rings (SSSR count). The Labute approximate surface area is 117 Å². The molecule has 0 spiro atoms. The number of hydrogen-bond donors (Lipinski definition) is 1. The summed E-state index contributed by atoms with van der Waals surface area (Å²) in [6.45, 7) is 1.08. The smallest absolute Gasteiger partial charge is 0.312 e. The van der Waals surface area contributed by atoms with Crippen LogP contribution in [0.2, 0.25) is 0 Å². The summed E-state index contributed by atoms with van der Waals surface area (Å²) >= 11 is 3.15. The van der Waals surface area contributed by atoms with Crippen molar-refractivity contribution in [2.24, 2.45) is 5.92 Å². The molecular formula is C11H12BrN3O4.